The summed E-state index contributed by atoms with van der Waals surface area (Å²) in [6, 6.07) is 14.8. The summed E-state index contributed by atoms with van der Waals surface area (Å²) in [4.78, 5) is 3.28. The molecule has 0 fully saturated rings. The Kier molecular flexibility index (Phi) is 11.3. The fourth-order valence-corrected chi connectivity index (χ4v) is 3.65. The molecule has 1 aliphatic carbocycles. The van der Waals surface area contributed by atoms with Crippen molar-refractivity contribution in [2.24, 2.45) is 0 Å². The van der Waals surface area contributed by atoms with Crippen LogP contribution in [0.2, 0.25) is 0 Å². The molecular formula is C28H33Cl2NTi. The average molecular weight is 502 g/mol. The molecule has 0 aliphatic heterocycles. The zero-order valence-corrected chi connectivity index (χ0v) is 23.4. The van der Waals surface area contributed by atoms with Crippen molar-refractivity contribution >= 4 is 23.1 Å². The maximum absolute atomic E-state index is 3.36. The standard InChI is InChI=1S/C16H22N.C12H11.2ClH.Ti/c1-15(2,3)11-8-7-9-13-14(11)12(10-17-13)16(4,5)6;1-9(2)12-7-10-5-3-4-6-11(10)8-12;;;/h7-9,17H,1-6H3;3-7H,1-2H3;2*1H;/q2*-1;;;+4/p-2. The number of rotatable bonds is 0. The SMILES string of the molecule is CC(C)(C)c1[c-][nH]c2cccc(C(C)(C)C)c12.CC(C)=C1[C-]=c2ccccc2=C1.[Cl-].[Cl-].[Ti+4]. The molecule has 0 saturated carbocycles. The Bertz CT molecular complexity index is 1150. The fourth-order valence-electron chi connectivity index (χ4n) is 3.65. The largest absolute Gasteiger partial charge is 4.00 e. The third-order valence-corrected chi connectivity index (χ3v) is 5.26. The summed E-state index contributed by atoms with van der Waals surface area (Å²) >= 11 is 0. The van der Waals surface area contributed by atoms with Gasteiger partial charge in [0.25, 0.3) is 0 Å². The average Bonchev–Trinajstić information content (AvgIpc) is 3.25. The van der Waals surface area contributed by atoms with E-state index in [-0.39, 0.29) is 57.4 Å². The van der Waals surface area contributed by atoms with E-state index in [1.54, 1.807) is 0 Å². The minimum Gasteiger partial charge on any atom is -1.00 e. The molecule has 1 aliphatic rings. The molecule has 3 aromatic rings. The van der Waals surface area contributed by atoms with Crippen molar-refractivity contribution in [3.8, 4) is 0 Å². The molecule has 4 heteroatoms. The molecule has 0 radical (unpaired) electrons. The molecule has 0 saturated heterocycles. The molecule has 0 atom stereocenters. The van der Waals surface area contributed by atoms with E-state index in [1.165, 1.54) is 43.6 Å². The molecule has 0 amide bonds. The summed E-state index contributed by atoms with van der Waals surface area (Å²) in [5.41, 5.74) is 6.73. The van der Waals surface area contributed by atoms with Gasteiger partial charge in [-0.2, -0.15) is 0 Å². The van der Waals surface area contributed by atoms with Crippen LogP contribution in [0.4, 0.5) is 0 Å². The Labute approximate surface area is 221 Å². The van der Waals surface area contributed by atoms with Crippen LogP contribution in [-0.4, -0.2) is 4.98 Å². The fraction of sp³-hybridized carbons (Fsp3) is 0.357. The summed E-state index contributed by atoms with van der Waals surface area (Å²) in [6.07, 6.45) is 8.88. The number of halogens is 2. The summed E-state index contributed by atoms with van der Waals surface area (Å²) in [6.45, 7) is 17.8. The zero-order valence-electron chi connectivity index (χ0n) is 20.4. The number of aromatic amines is 1. The topological polar surface area (TPSA) is 15.8 Å². The first-order valence-corrected chi connectivity index (χ1v) is 10.4. The second-order valence-corrected chi connectivity index (χ2v) is 10.1. The molecule has 0 bridgehead atoms. The van der Waals surface area contributed by atoms with Crippen molar-refractivity contribution in [3.05, 3.63) is 81.4 Å². The van der Waals surface area contributed by atoms with Crippen LogP contribution in [0.25, 0.3) is 23.1 Å². The van der Waals surface area contributed by atoms with E-state index in [1.807, 2.05) is 6.07 Å². The number of benzene rings is 2. The van der Waals surface area contributed by atoms with Crippen LogP contribution in [0.3, 0.4) is 0 Å². The second kappa shape index (κ2) is 11.8. The zero-order chi connectivity index (χ0) is 21.4. The van der Waals surface area contributed by atoms with Gasteiger partial charge in [0, 0.05) is 0 Å². The van der Waals surface area contributed by atoms with Crippen molar-refractivity contribution in [2.75, 3.05) is 0 Å². The Morgan fingerprint density at radius 2 is 1.44 bits per heavy atom. The van der Waals surface area contributed by atoms with Gasteiger partial charge in [-0.25, -0.2) is 0 Å². The summed E-state index contributed by atoms with van der Waals surface area (Å²) in [5, 5.41) is 3.86. The molecular weight excluding hydrogens is 469 g/mol. The number of aromatic nitrogens is 1. The van der Waals surface area contributed by atoms with Crippen molar-refractivity contribution in [3.63, 3.8) is 0 Å². The minimum atomic E-state index is 0. The van der Waals surface area contributed by atoms with Crippen LogP contribution < -0.4 is 35.3 Å². The van der Waals surface area contributed by atoms with Crippen LogP contribution in [-0.2, 0) is 32.5 Å². The molecule has 1 nitrogen and oxygen atoms in total. The van der Waals surface area contributed by atoms with Crippen molar-refractivity contribution in [1.29, 1.82) is 0 Å². The monoisotopic (exact) mass is 501 g/mol. The molecule has 1 aromatic heterocycles. The number of H-pyrrole nitrogens is 1. The van der Waals surface area contributed by atoms with Crippen LogP contribution in [0.1, 0.15) is 66.5 Å². The summed E-state index contributed by atoms with van der Waals surface area (Å²) < 4.78 is 0. The third-order valence-electron chi connectivity index (χ3n) is 5.26. The van der Waals surface area contributed by atoms with Gasteiger partial charge in [-0.1, -0.05) is 91.3 Å². The van der Waals surface area contributed by atoms with Gasteiger partial charge in [0.05, 0.1) is 0 Å². The quantitative estimate of drug-likeness (QED) is 0.331. The van der Waals surface area contributed by atoms with Crippen LogP contribution in [0, 0.1) is 6.20 Å². The van der Waals surface area contributed by atoms with Crippen LogP contribution in [0.15, 0.2) is 53.6 Å². The number of hydrogen-bond donors (Lipinski definition) is 1. The van der Waals surface area contributed by atoms with Gasteiger partial charge in [0.1, 0.15) is 0 Å². The van der Waals surface area contributed by atoms with Gasteiger partial charge in [0.15, 0.2) is 0 Å². The maximum atomic E-state index is 3.36. The molecule has 168 valence electrons. The number of fused-ring (bicyclic) bond motifs is 2. The maximum Gasteiger partial charge on any atom is 4.00 e. The van der Waals surface area contributed by atoms with E-state index in [2.05, 4.69) is 115 Å². The van der Waals surface area contributed by atoms with E-state index in [0.717, 1.165) is 0 Å². The van der Waals surface area contributed by atoms with Crippen molar-refractivity contribution < 1.29 is 46.5 Å². The Morgan fingerprint density at radius 3 is 1.97 bits per heavy atom. The van der Waals surface area contributed by atoms with Gasteiger partial charge < -0.3 is 29.8 Å². The number of hydrogen-bond acceptors (Lipinski definition) is 0. The first kappa shape index (κ1) is 30.8. The summed E-state index contributed by atoms with van der Waals surface area (Å²) in [5.74, 6) is 0. The van der Waals surface area contributed by atoms with Crippen LogP contribution >= 0.6 is 0 Å². The molecule has 2 aromatic carbocycles. The van der Waals surface area contributed by atoms with E-state index < -0.39 is 0 Å². The predicted octanol–water partition coefficient (Wildman–Crippen LogP) is 0.0432. The van der Waals surface area contributed by atoms with Crippen molar-refractivity contribution in [2.45, 2.75) is 66.2 Å². The van der Waals surface area contributed by atoms with Gasteiger partial charge in [-0.15, -0.1) is 68.5 Å². The Balaban J connectivity index is 0.000000573. The van der Waals surface area contributed by atoms with Gasteiger partial charge in [-0.05, 0) is 10.8 Å². The first-order chi connectivity index (χ1) is 13.5. The minimum absolute atomic E-state index is 0. The summed E-state index contributed by atoms with van der Waals surface area (Å²) in [7, 11) is 0. The Morgan fingerprint density at radius 1 is 0.812 bits per heavy atom. The molecule has 4 rings (SSSR count). The van der Waals surface area contributed by atoms with E-state index in [4.69, 9.17) is 0 Å². The van der Waals surface area contributed by atoms with E-state index >= 15 is 0 Å². The van der Waals surface area contributed by atoms with Gasteiger partial charge in [0.2, 0.25) is 0 Å². The normalized spacial score (nSPS) is 12.1. The Hall–Kier alpha value is -1.25. The molecule has 0 unspecified atom stereocenters. The number of allylic oxidation sites excluding steroid dienone is 2. The van der Waals surface area contributed by atoms with E-state index in [0.29, 0.717) is 0 Å². The third kappa shape index (κ3) is 6.88. The van der Waals surface area contributed by atoms with E-state index in [9.17, 15) is 0 Å². The van der Waals surface area contributed by atoms with Gasteiger partial charge in [-0.3, -0.25) is 0 Å². The number of nitrogens with one attached hydrogen (secondary N) is 1. The van der Waals surface area contributed by atoms with Gasteiger partial charge >= 0.3 is 21.7 Å². The smallest absolute Gasteiger partial charge is 1.00 e. The molecule has 1 heterocycles. The molecule has 0 spiro atoms. The van der Waals surface area contributed by atoms with Crippen LogP contribution in [0.5, 0.6) is 0 Å². The molecule has 1 N–H and O–H groups in total. The van der Waals surface area contributed by atoms with Crippen molar-refractivity contribution in [1.82, 2.24) is 4.98 Å². The second-order valence-electron chi connectivity index (χ2n) is 10.1. The predicted molar refractivity (Wildman–Crippen MR) is 126 cm³/mol. The first-order valence-electron chi connectivity index (χ1n) is 10.4. The molecule has 32 heavy (non-hydrogen) atoms.